The van der Waals surface area contributed by atoms with Crippen molar-refractivity contribution in [2.75, 3.05) is 12.3 Å². The van der Waals surface area contributed by atoms with Gasteiger partial charge >= 0.3 is 0 Å². The zero-order chi connectivity index (χ0) is 12.9. The third-order valence-electron chi connectivity index (χ3n) is 2.21. The van der Waals surface area contributed by atoms with Gasteiger partial charge in [-0.05, 0) is 32.9 Å². The summed E-state index contributed by atoms with van der Waals surface area (Å²) in [5.74, 6) is 1.01. The van der Waals surface area contributed by atoms with Crippen molar-refractivity contribution in [1.29, 1.82) is 0 Å². The molecule has 1 amide bonds. The summed E-state index contributed by atoms with van der Waals surface area (Å²) in [6, 6.07) is 3.50. The highest BCUT2D eigenvalue weighted by Gasteiger charge is 2.18. The topological polar surface area (TPSA) is 59.3 Å². The number of hydrogen-bond donors (Lipinski definition) is 1. The van der Waals surface area contributed by atoms with E-state index >= 15 is 0 Å². The van der Waals surface area contributed by atoms with E-state index in [0.717, 1.165) is 0 Å². The number of carbonyl (C=O) groups excluding carboxylic acids is 1. The molecule has 17 heavy (non-hydrogen) atoms. The normalized spacial score (nSPS) is 13.4. The average molecular weight is 257 g/mol. The standard InChI is InChI=1S/C12H19NO3S/c1-12(2,3)17(15)8-6-13-11(14)9-10-5-4-7-16-10/h4-5,7H,6,8-9H2,1-3H3,(H,13,14)/t17-/m1/s1. The Morgan fingerprint density at radius 3 is 2.71 bits per heavy atom. The Morgan fingerprint density at radius 2 is 2.18 bits per heavy atom. The average Bonchev–Trinajstić information content (AvgIpc) is 2.68. The Kier molecular flexibility index (Phi) is 4.93. The quantitative estimate of drug-likeness (QED) is 0.869. The molecule has 1 heterocycles. The SMILES string of the molecule is CC(C)(C)[S@](=O)CCNC(=O)Cc1ccco1. The molecule has 4 nitrogen and oxygen atoms in total. The summed E-state index contributed by atoms with van der Waals surface area (Å²) in [6.45, 7) is 6.21. The predicted molar refractivity (Wildman–Crippen MR) is 68.2 cm³/mol. The molecule has 0 aliphatic carbocycles. The first-order chi connectivity index (χ1) is 7.89. The van der Waals surface area contributed by atoms with Crippen LogP contribution in [0.3, 0.4) is 0 Å². The zero-order valence-corrected chi connectivity index (χ0v) is 11.3. The highest BCUT2D eigenvalue weighted by Crippen LogP contribution is 2.10. The van der Waals surface area contributed by atoms with Crippen LogP contribution in [-0.4, -0.2) is 27.2 Å². The second-order valence-corrected chi connectivity index (χ2v) is 7.09. The smallest absolute Gasteiger partial charge is 0.227 e. The highest BCUT2D eigenvalue weighted by molar-refractivity contribution is 7.86. The van der Waals surface area contributed by atoms with E-state index in [4.69, 9.17) is 4.42 Å². The molecule has 0 aliphatic rings. The molecular weight excluding hydrogens is 238 g/mol. The summed E-state index contributed by atoms with van der Waals surface area (Å²) in [5, 5.41) is 2.73. The van der Waals surface area contributed by atoms with Gasteiger partial charge in [-0.3, -0.25) is 9.00 Å². The molecule has 1 aromatic rings. The lowest BCUT2D eigenvalue weighted by atomic mass is 10.3. The zero-order valence-electron chi connectivity index (χ0n) is 10.5. The van der Waals surface area contributed by atoms with Gasteiger partial charge < -0.3 is 9.73 Å². The van der Waals surface area contributed by atoms with Crippen LogP contribution in [0.5, 0.6) is 0 Å². The molecular formula is C12H19NO3S. The second-order valence-electron chi connectivity index (χ2n) is 4.77. The van der Waals surface area contributed by atoms with Crippen LogP contribution < -0.4 is 5.32 Å². The van der Waals surface area contributed by atoms with Gasteiger partial charge in [0.2, 0.25) is 5.91 Å². The van der Waals surface area contributed by atoms with Crippen LogP contribution in [0.4, 0.5) is 0 Å². The van der Waals surface area contributed by atoms with E-state index in [1.54, 1.807) is 12.1 Å². The number of hydrogen-bond acceptors (Lipinski definition) is 3. The fourth-order valence-electron chi connectivity index (χ4n) is 1.22. The third kappa shape index (κ3) is 5.17. The number of furan rings is 1. The van der Waals surface area contributed by atoms with E-state index in [1.165, 1.54) is 6.26 Å². The molecule has 1 rings (SSSR count). The summed E-state index contributed by atoms with van der Waals surface area (Å²) in [7, 11) is -0.931. The lowest BCUT2D eigenvalue weighted by molar-refractivity contribution is -0.120. The predicted octanol–water partition coefficient (Wildman–Crippen LogP) is 1.49. The molecule has 0 radical (unpaired) electrons. The van der Waals surface area contributed by atoms with Crippen molar-refractivity contribution in [3.63, 3.8) is 0 Å². The van der Waals surface area contributed by atoms with Crippen molar-refractivity contribution in [2.45, 2.75) is 31.9 Å². The summed E-state index contributed by atoms with van der Waals surface area (Å²) >= 11 is 0. The van der Waals surface area contributed by atoms with Gasteiger partial charge in [0, 0.05) is 27.8 Å². The maximum Gasteiger partial charge on any atom is 0.227 e. The van der Waals surface area contributed by atoms with Gasteiger partial charge in [0.15, 0.2) is 0 Å². The maximum absolute atomic E-state index is 11.7. The number of nitrogens with one attached hydrogen (secondary N) is 1. The van der Waals surface area contributed by atoms with Crippen molar-refractivity contribution in [1.82, 2.24) is 5.32 Å². The van der Waals surface area contributed by atoms with Gasteiger partial charge in [-0.2, -0.15) is 0 Å². The Morgan fingerprint density at radius 1 is 1.47 bits per heavy atom. The van der Waals surface area contributed by atoms with Crippen LogP contribution in [0.15, 0.2) is 22.8 Å². The van der Waals surface area contributed by atoms with E-state index in [-0.39, 0.29) is 17.1 Å². The second kappa shape index (κ2) is 6.00. The third-order valence-corrected chi connectivity index (χ3v) is 4.15. The molecule has 1 atom stereocenters. The minimum atomic E-state index is -0.931. The maximum atomic E-state index is 11.7. The van der Waals surface area contributed by atoms with Crippen LogP contribution in [0.1, 0.15) is 26.5 Å². The minimum Gasteiger partial charge on any atom is -0.469 e. The molecule has 0 aliphatic heterocycles. The van der Waals surface area contributed by atoms with E-state index in [0.29, 0.717) is 18.1 Å². The Hall–Kier alpha value is -1.10. The van der Waals surface area contributed by atoms with E-state index in [9.17, 15) is 9.00 Å². The molecule has 0 fully saturated rings. The van der Waals surface area contributed by atoms with Gasteiger partial charge in [0.05, 0.1) is 12.7 Å². The van der Waals surface area contributed by atoms with Crippen molar-refractivity contribution in [2.24, 2.45) is 0 Å². The van der Waals surface area contributed by atoms with Gasteiger partial charge in [-0.25, -0.2) is 0 Å². The fraction of sp³-hybridized carbons (Fsp3) is 0.583. The monoisotopic (exact) mass is 257 g/mol. The van der Waals surface area contributed by atoms with Crippen molar-refractivity contribution >= 4 is 16.7 Å². The molecule has 1 aromatic heterocycles. The molecule has 5 heteroatoms. The lowest BCUT2D eigenvalue weighted by Gasteiger charge is -2.17. The van der Waals surface area contributed by atoms with Gasteiger partial charge in [0.25, 0.3) is 0 Å². The molecule has 0 saturated carbocycles. The lowest BCUT2D eigenvalue weighted by Crippen LogP contribution is -2.33. The molecule has 0 aromatic carbocycles. The van der Waals surface area contributed by atoms with Crippen LogP contribution in [0.2, 0.25) is 0 Å². The number of amides is 1. The fourth-order valence-corrected chi connectivity index (χ4v) is 2.12. The van der Waals surface area contributed by atoms with Crippen LogP contribution in [-0.2, 0) is 22.0 Å². The van der Waals surface area contributed by atoms with Gasteiger partial charge in [-0.15, -0.1) is 0 Å². The highest BCUT2D eigenvalue weighted by atomic mass is 32.2. The minimum absolute atomic E-state index is 0.106. The first-order valence-corrected chi connectivity index (χ1v) is 6.89. The molecule has 0 saturated heterocycles. The van der Waals surface area contributed by atoms with E-state index < -0.39 is 10.8 Å². The molecule has 0 bridgehead atoms. The largest absolute Gasteiger partial charge is 0.469 e. The number of rotatable bonds is 5. The molecule has 96 valence electrons. The van der Waals surface area contributed by atoms with Crippen LogP contribution >= 0.6 is 0 Å². The first kappa shape index (κ1) is 14.0. The molecule has 0 spiro atoms. The summed E-state index contributed by atoms with van der Waals surface area (Å²) in [6.07, 6.45) is 1.77. The Balaban J connectivity index is 2.23. The van der Waals surface area contributed by atoms with Crippen molar-refractivity contribution in [3.8, 4) is 0 Å². The summed E-state index contributed by atoms with van der Waals surface area (Å²) < 4.78 is 16.5. The van der Waals surface area contributed by atoms with Gasteiger partial charge in [-0.1, -0.05) is 0 Å². The van der Waals surface area contributed by atoms with Crippen molar-refractivity contribution < 1.29 is 13.4 Å². The Bertz CT molecular complexity index is 379. The summed E-state index contributed by atoms with van der Waals surface area (Å²) in [5.41, 5.74) is 0. The van der Waals surface area contributed by atoms with E-state index in [2.05, 4.69) is 5.32 Å². The molecule has 1 N–H and O–H groups in total. The van der Waals surface area contributed by atoms with Crippen LogP contribution in [0, 0.1) is 0 Å². The first-order valence-electron chi connectivity index (χ1n) is 5.57. The Labute approximate surface area is 104 Å². The van der Waals surface area contributed by atoms with Gasteiger partial charge in [0.1, 0.15) is 5.76 Å². The summed E-state index contributed by atoms with van der Waals surface area (Å²) in [4.78, 5) is 11.5. The number of carbonyl (C=O) groups is 1. The van der Waals surface area contributed by atoms with E-state index in [1.807, 2.05) is 20.8 Å². The van der Waals surface area contributed by atoms with Crippen molar-refractivity contribution in [3.05, 3.63) is 24.2 Å². The van der Waals surface area contributed by atoms with Crippen LogP contribution in [0.25, 0.3) is 0 Å². The molecule has 0 unspecified atom stereocenters.